The molecule has 0 aliphatic heterocycles. The van der Waals surface area contributed by atoms with Crippen LogP contribution >= 0.6 is 7.26 Å². The van der Waals surface area contributed by atoms with Crippen LogP contribution in [0.5, 0.6) is 0 Å². The second-order valence-electron chi connectivity index (χ2n) is 13.0. The fourth-order valence-corrected chi connectivity index (χ4v) is 18.1. The van der Waals surface area contributed by atoms with E-state index < -0.39 is 15.6 Å². The quantitative estimate of drug-likeness (QED) is 0.123. The van der Waals surface area contributed by atoms with E-state index in [1.54, 1.807) is 0 Å². The molecule has 2 nitrogen and oxygen atoms in total. The van der Waals surface area contributed by atoms with Crippen LogP contribution in [-0.4, -0.2) is 38.1 Å². The van der Waals surface area contributed by atoms with E-state index in [4.69, 9.17) is 9.16 Å². The second kappa shape index (κ2) is 16.5. The molecule has 4 heteroatoms. The normalized spacial score (nSPS) is 21.1. The van der Waals surface area contributed by atoms with E-state index >= 15 is 0 Å². The highest BCUT2D eigenvalue weighted by atomic mass is 31.2. The largest absolute Gasteiger partial charge is 0.519 e. The zero-order chi connectivity index (χ0) is 28.1. The van der Waals surface area contributed by atoms with Crippen molar-refractivity contribution in [1.29, 1.82) is 0 Å². The Balaban J connectivity index is 1.64. The molecule has 3 aliphatic rings. The molecule has 0 atom stereocenters. The SMILES string of the molecule is CC[Si](CC)(CC)O/C(=C\C[P+](C1CCCCC1)(C1CCCCC1)C1CCCCC1)OC/C=C/c1ccccc1. The van der Waals surface area contributed by atoms with E-state index in [-0.39, 0.29) is 0 Å². The average Bonchev–Trinajstić information content (AvgIpc) is 3.04. The number of rotatable bonds is 14. The Morgan fingerprint density at radius 3 is 1.65 bits per heavy atom. The summed E-state index contributed by atoms with van der Waals surface area (Å²) in [6.07, 6.45) is 30.4. The molecular formula is C36H60O2PSi+. The smallest absolute Gasteiger partial charge is 0.265 e. The molecule has 40 heavy (non-hydrogen) atoms. The maximum absolute atomic E-state index is 7.06. The van der Waals surface area contributed by atoms with Crippen LogP contribution in [0.4, 0.5) is 0 Å². The summed E-state index contributed by atoms with van der Waals surface area (Å²) >= 11 is 0. The van der Waals surface area contributed by atoms with Gasteiger partial charge in [0, 0.05) is 13.3 Å². The van der Waals surface area contributed by atoms with Crippen LogP contribution in [-0.2, 0) is 9.16 Å². The van der Waals surface area contributed by atoms with Crippen molar-refractivity contribution < 1.29 is 9.16 Å². The summed E-state index contributed by atoms with van der Waals surface area (Å²) in [6.45, 7) is 7.62. The van der Waals surface area contributed by atoms with Crippen molar-refractivity contribution >= 4 is 21.7 Å². The van der Waals surface area contributed by atoms with Gasteiger partial charge in [0.2, 0.25) is 0 Å². The number of ether oxygens (including phenoxy) is 1. The Labute approximate surface area is 249 Å². The van der Waals surface area contributed by atoms with Gasteiger partial charge in [-0.3, -0.25) is 0 Å². The molecule has 0 amide bonds. The lowest BCUT2D eigenvalue weighted by atomic mass is 9.99. The Morgan fingerprint density at radius 1 is 0.725 bits per heavy atom. The minimum absolute atomic E-state index is 0.587. The molecule has 0 radical (unpaired) electrons. The van der Waals surface area contributed by atoms with Crippen LogP contribution in [0.15, 0.2) is 48.4 Å². The number of hydrogen-bond donors (Lipinski definition) is 0. The molecule has 3 aliphatic carbocycles. The third-order valence-corrected chi connectivity index (χ3v) is 22.0. The first-order chi connectivity index (χ1) is 19.7. The van der Waals surface area contributed by atoms with Gasteiger partial charge in [-0.05, 0) is 107 Å². The molecule has 0 spiro atoms. The molecule has 3 saturated carbocycles. The van der Waals surface area contributed by atoms with E-state index in [2.05, 4.69) is 69.3 Å². The monoisotopic (exact) mass is 583 g/mol. The van der Waals surface area contributed by atoms with Gasteiger partial charge in [0.1, 0.15) is 6.61 Å². The highest BCUT2D eigenvalue weighted by Crippen LogP contribution is 2.77. The van der Waals surface area contributed by atoms with Crippen molar-refractivity contribution in [1.82, 2.24) is 0 Å². The molecule has 0 saturated heterocycles. The van der Waals surface area contributed by atoms with Gasteiger partial charge in [-0.25, -0.2) is 0 Å². The average molecular weight is 584 g/mol. The van der Waals surface area contributed by atoms with E-state index in [9.17, 15) is 0 Å². The summed E-state index contributed by atoms with van der Waals surface area (Å²) in [7, 11) is -3.02. The second-order valence-corrected chi connectivity index (χ2v) is 22.3. The van der Waals surface area contributed by atoms with Gasteiger partial charge >= 0.3 is 0 Å². The third kappa shape index (κ3) is 8.28. The molecule has 0 aromatic heterocycles. The zero-order valence-electron chi connectivity index (χ0n) is 26.3. The van der Waals surface area contributed by atoms with Gasteiger partial charge < -0.3 is 9.16 Å². The maximum atomic E-state index is 7.06. The van der Waals surface area contributed by atoms with Crippen molar-refractivity contribution in [3.05, 3.63) is 54.0 Å². The summed E-state index contributed by atoms with van der Waals surface area (Å²) in [4.78, 5) is 0. The van der Waals surface area contributed by atoms with Crippen molar-refractivity contribution in [2.45, 2.75) is 152 Å². The topological polar surface area (TPSA) is 18.5 Å². The molecule has 3 fully saturated rings. The molecule has 0 bridgehead atoms. The van der Waals surface area contributed by atoms with Gasteiger partial charge in [-0.2, -0.15) is 0 Å². The van der Waals surface area contributed by atoms with Gasteiger partial charge in [-0.15, -0.1) is 0 Å². The van der Waals surface area contributed by atoms with Crippen LogP contribution in [0, 0.1) is 0 Å². The van der Waals surface area contributed by atoms with Crippen molar-refractivity contribution in [3.8, 4) is 0 Å². The summed E-state index contributed by atoms with van der Waals surface area (Å²) in [6, 6.07) is 14.1. The summed E-state index contributed by atoms with van der Waals surface area (Å²) < 4.78 is 13.6. The minimum Gasteiger partial charge on any atom is -0.519 e. The predicted molar refractivity (Wildman–Crippen MR) is 180 cm³/mol. The first kappa shape index (κ1) is 31.9. The number of hydrogen-bond acceptors (Lipinski definition) is 2. The fourth-order valence-electron chi connectivity index (χ4n) is 8.45. The molecule has 1 aromatic rings. The molecule has 224 valence electrons. The molecule has 4 rings (SSSR count). The molecule has 0 N–H and O–H groups in total. The maximum Gasteiger partial charge on any atom is 0.265 e. The lowest BCUT2D eigenvalue weighted by molar-refractivity contribution is 0.119. The van der Waals surface area contributed by atoms with E-state index in [0.717, 1.165) is 41.1 Å². The molecule has 1 aromatic carbocycles. The number of benzene rings is 1. The van der Waals surface area contributed by atoms with E-state index in [1.165, 1.54) is 108 Å². The van der Waals surface area contributed by atoms with Gasteiger partial charge in [-0.1, -0.05) is 76.4 Å². The first-order valence-corrected chi connectivity index (χ1v) is 22.0. The lowest BCUT2D eigenvalue weighted by Crippen LogP contribution is -2.38. The van der Waals surface area contributed by atoms with Crippen LogP contribution in [0.25, 0.3) is 6.08 Å². The first-order valence-electron chi connectivity index (χ1n) is 17.3. The van der Waals surface area contributed by atoms with Gasteiger partial charge in [0.25, 0.3) is 14.3 Å². The standard InChI is InChI=1S/C36H60O2PSi/c1-4-40(5-2,6-3)38-36(37-30-19-22-32-20-11-7-12-21-32)29-31-39(33-23-13-8-14-24-33,34-25-15-9-16-26-34)35-27-17-10-18-28-35/h7,11-12,19-22,29,33-35H,4-6,8-10,13-18,23-28,30-31H2,1-3H3/q+1/b22-19+,36-29-. The van der Waals surface area contributed by atoms with Gasteiger partial charge in [0.05, 0.1) is 23.1 Å². The minimum atomic E-state index is -1.82. The summed E-state index contributed by atoms with van der Waals surface area (Å²) in [5.41, 5.74) is 4.21. The predicted octanol–water partition coefficient (Wildman–Crippen LogP) is 11.6. The Kier molecular flexibility index (Phi) is 13.2. The van der Waals surface area contributed by atoms with Crippen LogP contribution < -0.4 is 0 Å². The third-order valence-electron chi connectivity index (χ3n) is 11.0. The highest BCUT2D eigenvalue weighted by molar-refractivity contribution is 7.78. The molecule has 0 unspecified atom stereocenters. The summed E-state index contributed by atoms with van der Waals surface area (Å²) in [5.74, 6) is 0.890. The van der Waals surface area contributed by atoms with Crippen LogP contribution in [0.3, 0.4) is 0 Å². The van der Waals surface area contributed by atoms with Gasteiger partial charge in [0.15, 0.2) is 0 Å². The Morgan fingerprint density at radius 2 is 1.20 bits per heavy atom. The highest BCUT2D eigenvalue weighted by Gasteiger charge is 2.56. The summed E-state index contributed by atoms with van der Waals surface area (Å²) in [5, 5.41) is 0. The van der Waals surface area contributed by atoms with Crippen molar-refractivity contribution in [2.75, 3.05) is 12.8 Å². The molecule has 0 heterocycles. The van der Waals surface area contributed by atoms with Crippen molar-refractivity contribution in [3.63, 3.8) is 0 Å². The fraction of sp³-hybridized carbons (Fsp3) is 0.722. The van der Waals surface area contributed by atoms with Crippen molar-refractivity contribution in [2.24, 2.45) is 0 Å². The molecular weight excluding hydrogens is 523 g/mol. The van der Waals surface area contributed by atoms with Crippen LogP contribution in [0.2, 0.25) is 18.1 Å². The van der Waals surface area contributed by atoms with E-state index in [1.807, 2.05) is 0 Å². The zero-order valence-corrected chi connectivity index (χ0v) is 28.2. The Hall–Kier alpha value is -1.05. The Bertz CT molecular complexity index is 837. The van der Waals surface area contributed by atoms with Crippen LogP contribution in [0.1, 0.15) is 123 Å². The van der Waals surface area contributed by atoms with E-state index in [0.29, 0.717) is 6.61 Å². The number of allylic oxidation sites excluding steroid dienone is 1. The lowest BCUT2D eigenvalue weighted by Gasteiger charge is -2.48.